The molecule has 0 atom stereocenters. The topological polar surface area (TPSA) is 72.6 Å². The van der Waals surface area contributed by atoms with Crippen molar-refractivity contribution in [3.8, 4) is 5.75 Å². The number of ether oxygens (including phenoxy) is 1. The summed E-state index contributed by atoms with van der Waals surface area (Å²) >= 11 is 0. The normalized spacial score (nSPS) is 11.2. The molecule has 0 bridgehead atoms. The molecule has 0 saturated heterocycles. The Morgan fingerprint density at radius 2 is 1.88 bits per heavy atom. The smallest absolute Gasteiger partial charge is 0.234 e. The molecule has 0 aliphatic carbocycles. The van der Waals surface area contributed by atoms with Crippen LogP contribution >= 0.6 is 0 Å². The second-order valence-electron chi connectivity index (χ2n) is 3.62. The molecule has 0 aliphatic rings. The number of methoxy groups -OCH3 is 1. The van der Waals surface area contributed by atoms with E-state index in [0.29, 0.717) is 24.4 Å². The number of rotatable bonds is 6. The Morgan fingerprint density at radius 1 is 1.29 bits per heavy atom. The first-order valence-electron chi connectivity index (χ1n) is 5.32. The van der Waals surface area contributed by atoms with Crippen LogP contribution in [-0.4, -0.2) is 34.9 Å². The van der Waals surface area contributed by atoms with Gasteiger partial charge in [0.1, 0.15) is 5.75 Å². The molecular weight excluding hydrogens is 240 g/mol. The molecule has 0 fully saturated rings. The zero-order chi connectivity index (χ0) is 12.9. The van der Waals surface area contributed by atoms with Crippen molar-refractivity contribution < 1.29 is 13.2 Å². The highest BCUT2D eigenvalue weighted by molar-refractivity contribution is 7.92. The zero-order valence-corrected chi connectivity index (χ0v) is 10.9. The van der Waals surface area contributed by atoms with Crippen LogP contribution in [0, 0.1) is 0 Å². The van der Waals surface area contributed by atoms with E-state index in [4.69, 9.17) is 10.5 Å². The maximum absolute atomic E-state index is 11.9. The lowest BCUT2D eigenvalue weighted by Gasteiger charge is -2.19. The van der Waals surface area contributed by atoms with Gasteiger partial charge in [-0.25, -0.2) is 8.42 Å². The van der Waals surface area contributed by atoms with Gasteiger partial charge in [0, 0.05) is 7.05 Å². The summed E-state index contributed by atoms with van der Waals surface area (Å²) in [5, 5.41) is 0. The second-order valence-corrected chi connectivity index (χ2v) is 5.74. The molecular formula is C11H18N2O3S. The van der Waals surface area contributed by atoms with Gasteiger partial charge in [-0.05, 0) is 37.2 Å². The van der Waals surface area contributed by atoms with E-state index in [2.05, 4.69) is 0 Å². The van der Waals surface area contributed by atoms with Gasteiger partial charge in [0.25, 0.3) is 0 Å². The summed E-state index contributed by atoms with van der Waals surface area (Å²) < 4.78 is 30.0. The summed E-state index contributed by atoms with van der Waals surface area (Å²) in [6.45, 7) is 0.371. The minimum atomic E-state index is -3.28. The van der Waals surface area contributed by atoms with Crippen LogP contribution in [0.4, 0.5) is 5.69 Å². The van der Waals surface area contributed by atoms with Crippen LogP contribution in [-0.2, 0) is 10.0 Å². The van der Waals surface area contributed by atoms with Crippen molar-refractivity contribution in [1.29, 1.82) is 0 Å². The summed E-state index contributed by atoms with van der Waals surface area (Å²) in [4.78, 5) is 0. The van der Waals surface area contributed by atoms with Crippen molar-refractivity contribution in [2.45, 2.75) is 6.42 Å². The molecule has 0 radical (unpaired) electrons. The molecule has 0 amide bonds. The first kappa shape index (κ1) is 13.8. The monoisotopic (exact) mass is 258 g/mol. The van der Waals surface area contributed by atoms with Gasteiger partial charge < -0.3 is 10.5 Å². The van der Waals surface area contributed by atoms with Crippen LogP contribution in [0.1, 0.15) is 6.42 Å². The Labute approximate surface area is 102 Å². The molecule has 2 N–H and O–H groups in total. The molecule has 0 unspecified atom stereocenters. The number of benzene rings is 1. The number of hydrogen-bond donors (Lipinski definition) is 1. The van der Waals surface area contributed by atoms with E-state index in [1.165, 1.54) is 11.4 Å². The van der Waals surface area contributed by atoms with Crippen LogP contribution < -0.4 is 14.8 Å². The van der Waals surface area contributed by atoms with E-state index < -0.39 is 10.0 Å². The van der Waals surface area contributed by atoms with Crippen molar-refractivity contribution >= 4 is 15.7 Å². The molecule has 1 aromatic rings. The molecule has 1 aromatic carbocycles. The van der Waals surface area contributed by atoms with Crippen LogP contribution in [0.15, 0.2) is 24.3 Å². The lowest BCUT2D eigenvalue weighted by molar-refractivity contribution is 0.415. The van der Waals surface area contributed by atoms with E-state index in [-0.39, 0.29) is 5.75 Å². The number of nitrogens with zero attached hydrogens (tertiary/aromatic N) is 1. The van der Waals surface area contributed by atoms with Crippen molar-refractivity contribution in [3.63, 3.8) is 0 Å². The summed E-state index contributed by atoms with van der Waals surface area (Å²) in [7, 11) is -0.181. The Kier molecular flexibility index (Phi) is 4.77. The van der Waals surface area contributed by atoms with Crippen LogP contribution in [0.2, 0.25) is 0 Å². The van der Waals surface area contributed by atoms with Gasteiger partial charge >= 0.3 is 0 Å². The van der Waals surface area contributed by atoms with Crippen molar-refractivity contribution in [1.82, 2.24) is 0 Å². The third kappa shape index (κ3) is 3.61. The maximum atomic E-state index is 11.9. The van der Waals surface area contributed by atoms with Crippen LogP contribution in [0.25, 0.3) is 0 Å². The molecule has 17 heavy (non-hydrogen) atoms. The van der Waals surface area contributed by atoms with E-state index in [9.17, 15) is 8.42 Å². The molecule has 1 rings (SSSR count). The lowest BCUT2D eigenvalue weighted by Crippen LogP contribution is -2.29. The van der Waals surface area contributed by atoms with E-state index in [1.807, 2.05) is 0 Å². The third-order valence-electron chi connectivity index (χ3n) is 2.46. The Balaban J connectivity index is 2.84. The minimum Gasteiger partial charge on any atom is -0.497 e. The average molecular weight is 258 g/mol. The Hall–Kier alpha value is -1.27. The van der Waals surface area contributed by atoms with Gasteiger partial charge in [0.2, 0.25) is 10.0 Å². The van der Waals surface area contributed by atoms with Gasteiger partial charge in [0.05, 0.1) is 18.6 Å². The van der Waals surface area contributed by atoms with Crippen molar-refractivity contribution in [2.24, 2.45) is 5.73 Å². The fourth-order valence-electron chi connectivity index (χ4n) is 1.36. The van der Waals surface area contributed by atoms with E-state index in [1.54, 1.807) is 31.4 Å². The average Bonchev–Trinajstić information content (AvgIpc) is 2.35. The van der Waals surface area contributed by atoms with Crippen molar-refractivity contribution in [2.75, 3.05) is 30.8 Å². The Bertz CT molecular complexity index is 442. The number of sulfonamides is 1. The molecule has 0 spiro atoms. The number of hydrogen-bond acceptors (Lipinski definition) is 4. The fourth-order valence-corrected chi connectivity index (χ4v) is 2.60. The second kappa shape index (κ2) is 5.88. The summed E-state index contributed by atoms with van der Waals surface area (Å²) in [5.41, 5.74) is 5.93. The number of nitrogens with two attached hydrogens (primary N) is 1. The molecule has 0 aliphatic heterocycles. The quantitative estimate of drug-likeness (QED) is 0.819. The van der Waals surface area contributed by atoms with Crippen LogP contribution in [0.3, 0.4) is 0 Å². The predicted octanol–water partition coefficient (Wildman–Crippen LogP) is 0.810. The van der Waals surface area contributed by atoms with Gasteiger partial charge in [-0.3, -0.25) is 4.31 Å². The molecule has 96 valence electrons. The molecule has 0 heterocycles. The molecule has 6 heteroatoms. The summed E-state index contributed by atoms with van der Waals surface area (Å²) in [6.07, 6.45) is 0.461. The maximum Gasteiger partial charge on any atom is 0.234 e. The van der Waals surface area contributed by atoms with Crippen molar-refractivity contribution in [3.05, 3.63) is 24.3 Å². The number of anilines is 1. The first-order chi connectivity index (χ1) is 8.01. The first-order valence-corrected chi connectivity index (χ1v) is 6.93. The molecule has 0 saturated carbocycles. The van der Waals surface area contributed by atoms with Gasteiger partial charge in [-0.1, -0.05) is 0 Å². The van der Waals surface area contributed by atoms with Gasteiger partial charge in [0.15, 0.2) is 0 Å². The standard InChI is InChI=1S/C11H18N2O3S/c1-13(17(14,15)9-3-8-12)10-4-6-11(16-2)7-5-10/h4-7H,3,8-9,12H2,1-2H3. The fraction of sp³-hybridized carbons (Fsp3) is 0.455. The predicted molar refractivity (Wildman–Crippen MR) is 68.9 cm³/mol. The van der Waals surface area contributed by atoms with Crippen LogP contribution in [0.5, 0.6) is 5.75 Å². The third-order valence-corrected chi connectivity index (χ3v) is 4.31. The minimum absolute atomic E-state index is 0.0615. The lowest BCUT2D eigenvalue weighted by atomic mass is 10.3. The van der Waals surface area contributed by atoms with E-state index >= 15 is 0 Å². The molecule has 5 nitrogen and oxygen atoms in total. The SMILES string of the molecule is COc1ccc(N(C)S(=O)(=O)CCCN)cc1. The summed E-state index contributed by atoms with van der Waals surface area (Å²) in [6, 6.07) is 6.87. The molecule has 0 aromatic heterocycles. The van der Waals surface area contributed by atoms with E-state index in [0.717, 1.165) is 0 Å². The van der Waals surface area contributed by atoms with Gasteiger partial charge in [-0.15, -0.1) is 0 Å². The highest BCUT2D eigenvalue weighted by Crippen LogP contribution is 2.20. The zero-order valence-electron chi connectivity index (χ0n) is 10.1. The summed E-state index contributed by atoms with van der Waals surface area (Å²) in [5.74, 6) is 0.757. The Morgan fingerprint density at radius 3 is 2.35 bits per heavy atom. The highest BCUT2D eigenvalue weighted by Gasteiger charge is 2.17. The largest absolute Gasteiger partial charge is 0.497 e. The highest BCUT2D eigenvalue weighted by atomic mass is 32.2. The van der Waals surface area contributed by atoms with Gasteiger partial charge in [-0.2, -0.15) is 0 Å².